The van der Waals surface area contributed by atoms with Crippen molar-refractivity contribution in [3.8, 4) is 0 Å². The molecule has 2 N–H and O–H groups in total. The van der Waals surface area contributed by atoms with Gasteiger partial charge in [0.25, 0.3) is 0 Å². The zero-order valence-electron chi connectivity index (χ0n) is 16.3. The van der Waals surface area contributed by atoms with Crippen LogP contribution in [0, 0.1) is 0 Å². The number of anilines is 1. The zero-order valence-corrected chi connectivity index (χ0v) is 18.6. The van der Waals surface area contributed by atoms with Gasteiger partial charge < -0.3 is 10.6 Å². The first-order valence-electron chi connectivity index (χ1n) is 10.1. The van der Waals surface area contributed by atoms with E-state index in [-0.39, 0.29) is 11.0 Å². The number of amides is 1. The van der Waals surface area contributed by atoms with Gasteiger partial charge >= 0.3 is 0 Å². The van der Waals surface area contributed by atoms with Crippen molar-refractivity contribution in [3.63, 3.8) is 0 Å². The molecule has 0 saturated carbocycles. The van der Waals surface area contributed by atoms with Crippen molar-refractivity contribution in [2.45, 2.75) is 84.0 Å². The fraction of sp³-hybridized carbons (Fsp3) is 0.619. The molecule has 0 radical (unpaired) electrons. The molecule has 6 heteroatoms. The summed E-state index contributed by atoms with van der Waals surface area (Å²) in [7, 11) is 0. The molecule has 0 bridgehead atoms. The number of hydrogen-bond acceptors (Lipinski definition) is 2. The van der Waals surface area contributed by atoms with E-state index in [1.807, 2.05) is 0 Å². The number of carbonyl (C=O) groups is 1. The molecule has 0 saturated heterocycles. The summed E-state index contributed by atoms with van der Waals surface area (Å²) >= 11 is 17.1. The van der Waals surface area contributed by atoms with Crippen molar-refractivity contribution in [2.24, 2.45) is 0 Å². The Labute approximate surface area is 179 Å². The molecular formula is C21H32Cl2N2OS. The molecule has 152 valence electrons. The Morgan fingerprint density at radius 1 is 0.926 bits per heavy atom. The van der Waals surface area contributed by atoms with Crippen LogP contribution in [-0.2, 0) is 4.79 Å². The molecule has 1 amide bonds. The van der Waals surface area contributed by atoms with Crippen LogP contribution in [0.2, 0.25) is 10.0 Å². The summed E-state index contributed by atoms with van der Waals surface area (Å²) in [5.41, 5.74) is 0.626. The van der Waals surface area contributed by atoms with Crippen molar-refractivity contribution in [1.29, 1.82) is 0 Å². The molecule has 0 aromatic heterocycles. The minimum Gasteiger partial charge on any atom is -0.331 e. The van der Waals surface area contributed by atoms with Crippen LogP contribution in [0.4, 0.5) is 5.69 Å². The van der Waals surface area contributed by atoms with Crippen LogP contribution in [-0.4, -0.2) is 11.0 Å². The maximum atomic E-state index is 12.0. The molecule has 0 fully saturated rings. The first-order valence-corrected chi connectivity index (χ1v) is 11.2. The van der Waals surface area contributed by atoms with E-state index in [1.165, 1.54) is 57.8 Å². The Hall–Kier alpha value is -0.840. The molecule has 0 heterocycles. The summed E-state index contributed by atoms with van der Waals surface area (Å²) in [4.78, 5) is 12.0. The van der Waals surface area contributed by atoms with E-state index < -0.39 is 0 Å². The van der Waals surface area contributed by atoms with Gasteiger partial charge in [-0.25, -0.2) is 0 Å². The average Bonchev–Trinajstić information content (AvgIpc) is 2.62. The lowest BCUT2D eigenvalue weighted by Gasteiger charge is -2.11. The predicted molar refractivity (Wildman–Crippen MR) is 122 cm³/mol. The highest BCUT2D eigenvalue weighted by Gasteiger charge is 2.07. The van der Waals surface area contributed by atoms with E-state index in [2.05, 4.69) is 17.6 Å². The van der Waals surface area contributed by atoms with Crippen molar-refractivity contribution >= 4 is 52.1 Å². The second-order valence-corrected chi connectivity index (χ2v) is 8.16. The lowest BCUT2D eigenvalue weighted by atomic mass is 10.1. The van der Waals surface area contributed by atoms with Gasteiger partial charge in [-0.1, -0.05) is 94.3 Å². The minimum atomic E-state index is -0.0616. The molecule has 0 aliphatic carbocycles. The van der Waals surface area contributed by atoms with Gasteiger partial charge in [0.1, 0.15) is 0 Å². The summed E-state index contributed by atoms with van der Waals surface area (Å²) in [6.07, 6.45) is 14.4. The zero-order chi connectivity index (χ0) is 19.9. The molecule has 1 rings (SSSR count). The molecule has 0 aliphatic rings. The maximum absolute atomic E-state index is 12.0. The van der Waals surface area contributed by atoms with Crippen molar-refractivity contribution < 1.29 is 4.79 Å². The fourth-order valence-electron chi connectivity index (χ4n) is 2.88. The van der Waals surface area contributed by atoms with Gasteiger partial charge in [-0.3, -0.25) is 4.79 Å². The smallest absolute Gasteiger partial charge is 0.226 e. The van der Waals surface area contributed by atoms with E-state index in [4.69, 9.17) is 35.4 Å². The van der Waals surface area contributed by atoms with Gasteiger partial charge in [0, 0.05) is 11.4 Å². The molecule has 1 aromatic rings. The molecule has 1 aromatic carbocycles. The monoisotopic (exact) mass is 430 g/mol. The number of carbonyl (C=O) groups excluding carboxylic acids is 1. The largest absolute Gasteiger partial charge is 0.331 e. The minimum absolute atomic E-state index is 0.0616. The third-order valence-electron chi connectivity index (χ3n) is 4.44. The summed E-state index contributed by atoms with van der Waals surface area (Å²) in [6, 6.07) is 5.07. The Balaban J connectivity index is 2.03. The second kappa shape index (κ2) is 15.1. The number of nitrogens with one attached hydrogen (secondary N) is 2. The van der Waals surface area contributed by atoms with Crippen LogP contribution in [0.5, 0.6) is 0 Å². The number of rotatable bonds is 13. The average molecular weight is 431 g/mol. The summed E-state index contributed by atoms with van der Waals surface area (Å²) in [5, 5.41) is 6.89. The van der Waals surface area contributed by atoms with Crippen LogP contribution in [0.1, 0.15) is 84.0 Å². The molecule has 0 aliphatic heterocycles. The van der Waals surface area contributed by atoms with Crippen LogP contribution in [0.15, 0.2) is 18.2 Å². The van der Waals surface area contributed by atoms with Gasteiger partial charge in [-0.05, 0) is 36.8 Å². The highest BCUT2D eigenvalue weighted by atomic mass is 35.5. The highest BCUT2D eigenvalue weighted by Crippen LogP contribution is 2.25. The number of benzene rings is 1. The fourth-order valence-corrected chi connectivity index (χ4v) is 3.56. The van der Waals surface area contributed by atoms with E-state index in [9.17, 15) is 4.79 Å². The summed E-state index contributed by atoms with van der Waals surface area (Å²) in [6.45, 7) is 2.25. The Kier molecular flexibility index (Phi) is 13.6. The molecule has 3 nitrogen and oxygen atoms in total. The number of unbranched alkanes of at least 4 members (excludes halogenated alkanes) is 10. The lowest BCUT2D eigenvalue weighted by molar-refractivity contribution is -0.119. The molecule has 0 unspecified atom stereocenters. The highest BCUT2D eigenvalue weighted by molar-refractivity contribution is 7.80. The van der Waals surface area contributed by atoms with Gasteiger partial charge in [0.15, 0.2) is 5.11 Å². The van der Waals surface area contributed by atoms with Gasteiger partial charge in [-0.2, -0.15) is 0 Å². The molecule has 27 heavy (non-hydrogen) atoms. The normalized spacial score (nSPS) is 10.6. The van der Waals surface area contributed by atoms with E-state index in [0.29, 0.717) is 22.2 Å². The summed E-state index contributed by atoms with van der Waals surface area (Å²) in [5.74, 6) is -0.0616. The van der Waals surface area contributed by atoms with Crippen molar-refractivity contribution in [2.75, 3.05) is 5.32 Å². The standard InChI is InChI=1S/C21H32Cl2N2OS/c1-2-3-4-5-6-7-8-9-10-11-12-13-20(26)25-21(27)24-19-15-14-17(22)16-18(19)23/h14-16H,2-13H2,1H3,(H2,24,25,26,27). The summed E-state index contributed by atoms with van der Waals surface area (Å²) < 4.78 is 0. The van der Waals surface area contributed by atoms with E-state index in [1.54, 1.807) is 18.2 Å². The third kappa shape index (κ3) is 12.3. The number of hydrogen-bond donors (Lipinski definition) is 2. The third-order valence-corrected chi connectivity index (χ3v) is 5.19. The van der Waals surface area contributed by atoms with Crippen LogP contribution in [0.25, 0.3) is 0 Å². The molecule has 0 atom stereocenters. The Morgan fingerprint density at radius 3 is 2.04 bits per heavy atom. The Bertz CT molecular complexity index is 581. The maximum Gasteiger partial charge on any atom is 0.226 e. The van der Waals surface area contributed by atoms with Crippen LogP contribution < -0.4 is 10.6 Å². The lowest BCUT2D eigenvalue weighted by Crippen LogP contribution is -2.34. The van der Waals surface area contributed by atoms with Gasteiger partial charge in [0.05, 0.1) is 10.7 Å². The Morgan fingerprint density at radius 2 is 1.48 bits per heavy atom. The quantitative estimate of drug-likeness (QED) is 0.251. The molecule has 0 spiro atoms. The van der Waals surface area contributed by atoms with Crippen LogP contribution >= 0.6 is 35.4 Å². The first kappa shape index (κ1) is 24.2. The topological polar surface area (TPSA) is 41.1 Å². The van der Waals surface area contributed by atoms with Gasteiger partial charge in [-0.15, -0.1) is 0 Å². The van der Waals surface area contributed by atoms with Crippen molar-refractivity contribution in [1.82, 2.24) is 5.32 Å². The molecular weight excluding hydrogens is 399 g/mol. The van der Waals surface area contributed by atoms with E-state index in [0.717, 1.165) is 12.8 Å². The van der Waals surface area contributed by atoms with Crippen molar-refractivity contribution in [3.05, 3.63) is 28.2 Å². The number of halogens is 2. The van der Waals surface area contributed by atoms with Crippen LogP contribution in [0.3, 0.4) is 0 Å². The van der Waals surface area contributed by atoms with E-state index >= 15 is 0 Å². The number of thiocarbonyl (C=S) groups is 1. The second-order valence-electron chi connectivity index (χ2n) is 6.91. The SMILES string of the molecule is CCCCCCCCCCCCCC(=O)NC(=S)Nc1ccc(Cl)cc1Cl. The first-order chi connectivity index (χ1) is 13.0. The van der Waals surface area contributed by atoms with Gasteiger partial charge in [0.2, 0.25) is 5.91 Å². The predicted octanol–water partition coefficient (Wildman–Crippen LogP) is 7.51.